The number of benzene rings is 2. The zero-order valence-corrected chi connectivity index (χ0v) is 16.5. The number of halogens is 2. The number of hydrogen-bond acceptors (Lipinski definition) is 4. The minimum Gasteiger partial charge on any atom is -0.480 e. The number of aliphatic carboxylic acids is 1. The Labute approximate surface area is 165 Å². The van der Waals surface area contributed by atoms with E-state index in [2.05, 4.69) is 47.1 Å². The van der Waals surface area contributed by atoms with Gasteiger partial charge in [0.05, 0.1) is 16.7 Å². The first-order valence-corrected chi connectivity index (χ1v) is 9.21. The van der Waals surface area contributed by atoms with Crippen molar-refractivity contribution in [2.45, 2.75) is 12.5 Å². The molecule has 0 aliphatic carbocycles. The summed E-state index contributed by atoms with van der Waals surface area (Å²) < 4.78 is 1.42. The van der Waals surface area contributed by atoms with Crippen LogP contribution in [-0.4, -0.2) is 33.0 Å². The van der Waals surface area contributed by atoms with Gasteiger partial charge in [-0.3, -0.25) is 9.78 Å². The molecule has 2 N–H and O–H groups in total. The first kappa shape index (κ1) is 18.5. The molecule has 3 rings (SSSR count). The number of hydrogen-bond donors (Lipinski definition) is 2. The molecule has 1 heterocycles. The average Bonchev–Trinajstić information content (AvgIpc) is 2.60. The predicted octanol–water partition coefficient (Wildman–Crippen LogP) is 3.58. The van der Waals surface area contributed by atoms with Gasteiger partial charge in [0.15, 0.2) is 0 Å². The highest BCUT2D eigenvalue weighted by Crippen LogP contribution is 2.20. The second kappa shape index (κ2) is 7.92. The maximum atomic E-state index is 12.4. The molecule has 3 aromatic rings. The molecule has 0 bridgehead atoms. The van der Waals surface area contributed by atoms with Crippen LogP contribution in [0.3, 0.4) is 0 Å². The van der Waals surface area contributed by atoms with Crippen LogP contribution < -0.4 is 5.32 Å². The zero-order chi connectivity index (χ0) is 18.7. The van der Waals surface area contributed by atoms with Gasteiger partial charge >= 0.3 is 5.97 Å². The summed E-state index contributed by atoms with van der Waals surface area (Å²) in [5.74, 6) is -1.62. The number of rotatable bonds is 5. The molecular weight excluding hydrogens is 466 g/mol. The van der Waals surface area contributed by atoms with E-state index in [0.29, 0.717) is 25.7 Å². The molecule has 132 valence electrons. The lowest BCUT2D eigenvalue weighted by Gasteiger charge is -2.14. The molecule has 2 aromatic carbocycles. The Morgan fingerprint density at radius 3 is 2.38 bits per heavy atom. The van der Waals surface area contributed by atoms with E-state index < -0.39 is 17.9 Å². The van der Waals surface area contributed by atoms with E-state index in [4.69, 9.17) is 0 Å². The number of fused-ring (bicyclic) bond motifs is 1. The minimum absolute atomic E-state index is 0.0358. The van der Waals surface area contributed by atoms with Gasteiger partial charge in [-0.05, 0) is 30.3 Å². The fourth-order valence-corrected chi connectivity index (χ4v) is 3.72. The van der Waals surface area contributed by atoms with Crippen molar-refractivity contribution in [3.8, 4) is 0 Å². The van der Waals surface area contributed by atoms with Crippen LogP contribution in [0.1, 0.15) is 16.1 Å². The van der Waals surface area contributed by atoms with Gasteiger partial charge in [-0.25, -0.2) is 9.78 Å². The predicted molar refractivity (Wildman–Crippen MR) is 104 cm³/mol. The van der Waals surface area contributed by atoms with E-state index >= 15 is 0 Å². The van der Waals surface area contributed by atoms with E-state index in [9.17, 15) is 14.7 Å². The van der Waals surface area contributed by atoms with Crippen LogP contribution in [0.5, 0.6) is 0 Å². The Hall–Kier alpha value is -2.32. The topological polar surface area (TPSA) is 92.2 Å². The summed E-state index contributed by atoms with van der Waals surface area (Å²) >= 11 is 6.62. The molecule has 8 heteroatoms. The molecule has 6 nitrogen and oxygen atoms in total. The van der Waals surface area contributed by atoms with Crippen LogP contribution in [0.2, 0.25) is 0 Å². The van der Waals surface area contributed by atoms with E-state index in [1.807, 2.05) is 18.2 Å². The fourth-order valence-electron chi connectivity index (χ4n) is 2.43. The van der Waals surface area contributed by atoms with Crippen LogP contribution in [0.15, 0.2) is 57.6 Å². The summed E-state index contributed by atoms with van der Waals surface area (Å²) in [6.45, 7) is 0. The van der Waals surface area contributed by atoms with Crippen molar-refractivity contribution < 1.29 is 14.7 Å². The second-order valence-corrected chi connectivity index (χ2v) is 7.41. The number of nitrogens with one attached hydrogen (secondary N) is 1. The lowest BCUT2D eigenvalue weighted by Crippen LogP contribution is -2.42. The molecule has 0 radical (unpaired) electrons. The van der Waals surface area contributed by atoms with Crippen LogP contribution in [0, 0.1) is 0 Å². The summed E-state index contributed by atoms with van der Waals surface area (Å²) in [6.07, 6.45) is 1.56. The van der Waals surface area contributed by atoms with Crippen molar-refractivity contribution in [1.82, 2.24) is 15.3 Å². The van der Waals surface area contributed by atoms with Crippen molar-refractivity contribution in [1.29, 1.82) is 0 Å². The van der Waals surface area contributed by atoms with Gasteiger partial charge in [0.25, 0.3) is 5.91 Å². The minimum atomic E-state index is -1.14. The first-order chi connectivity index (χ1) is 12.4. The van der Waals surface area contributed by atoms with E-state index in [1.165, 1.54) is 6.20 Å². The number of carbonyl (C=O) groups is 2. The van der Waals surface area contributed by atoms with Crippen LogP contribution in [-0.2, 0) is 11.2 Å². The van der Waals surface area contributed by atoms with Crippen molar-refractivity contribution in [2.24, 2.45) is 0 Å². The van der Waals surface area contributed by atoms with Gasteiger partial charge in [0.2, 0.25) is 0 Å². The SMILES string of the molecule is O=C(N[C@@H](Cc1cnc2ccccc2n1)C(=O)O)c1cc(Br)cc(Br)c1. The first-order valence-electron chi connectivity index (χ1n) is 7.63. The quantitative estimate of drug-likeness (QED) is 0.584. The van der Waals surface area contributed by atoms with E-state index in [1.54, 1.807) is 24.3 Å². The third kappa shape index (κ3) is 4.44. The number of para-hydroxylation sites is 2. The van der Waals surface area contributed by atoms with Gasteiger partial charge < -0.3 is 10.4 Å². The highest BCUT2D eigenvalue weighted by molar-refractivity contribution is 9.11. The highest BCUT2D eigenvalue weighted by atomic mass is 79.9. The largest absolute Gasteiger partial charge is 0.480 e. The number of aromatic nitrogens is 2. The van der Waals surface area contributed by atoms with Crippen molar-refractivity contribution in [3.05, 3.63) is 68.9 Å². The molecule has 0 fully saturated rings. The summed E-state index contributed by atoms with van der Waals surface area (Å²) in [5.41, 5.74) is 2.25. The molecule has 0 aliphatic rings. The average molecular weight is 479 g/mol. The van der Waals surface area contributed by atoms with Crippen LogP contribution in [0.25, 0.3) is 11.0 Å². The number of carbonyl (C=O) groups excluding carboxylic acids is 1. The molecule has 1 atom stereocenters. The molecule has 1 amide bonds. The summed E-state index contributed by atoms with van der Waals surface area (Å²) in [5, 5.41) is 12.0. The molecular formula is C18H13Br2N3O3. The lowest BCUT2D eigenvalue weighted by atomic mass is 10.1. The molecule has 0 aliphatic heterocycles. The summed E-state index contributed by atoms with van der Waals surface area (Å²) in [4.78, 5) is 32.7. The normalized spacial score (nSPS) is 11.9. The lowest BCUT2D eigenvalue weighted by molar-refractivity contribution is -0.139. The second-order valence-electron chi connectivity index (χ2n) is 5.58. The van der Waals surface area contributed by atoms with Gasteiger partial charge in [0, 0.05) is 27.1 Å². The third-order valence-corrected chi connectivity index (χ3v) is 4.56. The highest BCUT2D eigenvalue weighted by Gasteiger charge is 2.22. The molecule has 0 saturated heterocycles. The smallest absolute Gasteiger partial charge is 0.326 e. The van der Waals surface area contributed by atoms with Gasteiger partial charge in [-0.15, -0.1) is 0 Å². The van der Waals surface area contributed by atoms with Crippen LogP contribution in [0.4, 0.5) is 0 Å². The summed E-state index contributed by atoms with van der Waals surface area (Å²) in [7, 11) is 0. The van der Waals surface area contributed by atoms with E-state index in [0.717, 1.165) is 5.52 Å². The molecule has 1 aromatic heterocycles. The third-order valence-electron chi connectivity index (χ3n) is 3.64. The monoisotopic (exact) mass is 477 g/mol. The molecule has 26 heavy (non-hydrogen) atoms. The zero-order valence-electron chi connectivity index (χ0n) is 13.3. The Morgan fingerprint density at radius 2 is 1.73 bits per heavy atom. The van der Waals surface area contributed by atoms with Gasteiger partial charge in [-0.1, -0.05) is 44.0 Å². The van der Waals surface area contributed by atoms with E-state index in [-0.39, 0.29) is 6.42 Å². The van der Waals surface area contributed by atoms with Crippen molar-refractivity contribution in [2.75, 3.05) is 0 Å². The number of nitrogens with zero attached hydrogens (tertiary/aromatic N) is 2. The Balaban J connectivity index is 1.80. The van der Waals surface area contributed by atoms with Gasteiger partial charge in [-0.2, -0.15) is 0 Å². The van der Waals surface area contributed by atoms with Gasteiger partial charge in [0.1, 0.15) is 6.04 Å². The maximum Gasteiger partial charge on any atom is 0.326 e. The maximum absolute atomic E-state index is 12.4. The van der Waals surface area contributed by atoms with Crippen molar-refractivity contribution >= 4 is 54.8 Å². The summed E-state index contributed by atoms with van der Waals surface area (Å²) in [6, 6.07) is 11.2. The Morgan fingerprint density at radius 1 is 1.08 bits per heavy atom. The van der Waals surface area contributed by atoms with Crippen LogP contribution >= 0.6 is 31.9 Å². The number of carboxylic acids is 1. The van der Waals surface area contributed by atoms with Crippen molar-refractivity contribution in [3.63, 3.8) is 0 Å². The molecule has 0 spiro atoms. The Bertz CT molecular complexity index is 974. The number of amides is 1. The molecule has 0 saturated carbocycles. The Kier molecular flexibility index (Phi) is 5.63. The standard InChI is InChI=1S/C18H13Br2N3O3/c19-11-5-10(6-12(20)7-11)17(24)23-16(18(25)26)8-13-9-21-14-3-1-2-4-15(14)22-13/h1-7,9,16H,8H2,(H,23,24)(H,25,26)/t16-/m0/s1. The number of carboxylic acid groups (broad SMARTS) is 1. The molecule has 0 unspecified atom stereocenters. The fraction of sp³-hybridized carbons (Fsp3) is 0.111.